The van der Waals surface area contributed by atoms with Crippen LogP contribution >= 0.6 is 0 Å². The molecule has 0 saturated carbocycles. The van der Waals surface area contributed by atoms with E-state index in [1.807, 2.05) is 60.7 Å². The van der Waals surface area contributed by atoms with Gasteiger partial charge in [0.2, 0.25) is 0 Å². The Labute approximate surface area is 149 Å². The number of aromatic carboxylic acids is 2. The van der Waals surface area contributed by atoms with Crippen LogP contribution in [0.5, 0.6) is 0 Å². The van der Waals surface area contributed by atoms with Crippen molar-refractivity contribution in [1.29, 1.82) is 0 Å². The minimum absolute atomic E-state index is 0.283. The van der Waals surface area contributed by atoms with Gasteiger partial charge in [0, 0.05) is 11.4 Å². The summed E-state index contributed by atoms with van der Waals surface area (Å²) in [6, 6.07) is 21.1. The van der Waals surface area contributed by atoms with E-state index in [1.54, 1.807) is 0 Å². The number of hydrogen-bond acceptors (Lipinski definition) is 4. The molecule has 0 bridgehead atoms. The molecule has 4 N–H and O–H groups in total. The van der Waals surface area contributed by atoms with Crippen LogP contribution in [0.25, 0.3) is 0 Å². The lowest BCUT2D eigenvalue weighted by atomic mass is 10.0. The number of nitrogens with one attached hydrogen (secondary N) is 2. The van der Waals surface area contributed by atoms with Crippen LogP contribution in [0.15, 0.2) is 72.8 Å². The normalized spacial score (nSPS) is 10.2. The smallest absolute Gasteiger partial charge is 0.336 e. The maximum Gasteiger partial charge on any atom is 0.336 e. The van der Waals surface area contributed by atoms with Gasteiger partial charge in [0.1, 0.15) is 0 Å². The van der Waals surface area contributed by atoms with E-state index in [9.17, 15) is 19.8 Å². The number of carbonyl (C=O) groups is 2. The van der Waals surface area contributed by atoms with Gasteiger partial charge >= 0.3 is 11.9 Å². The molecule has 0 unspecified atom stereocenters. The van der Waals surface area contributed by atoms with Gasteiger partial charge in [0.15, 0.2) is 0 Å². The summed E-state index contributed by atoms with van der Waals surface area (Å²) in [5.41, 5.74) is 1.86. The van der Waals surface area contributed by atoms with Crippen molar-refractivity contribution < 1.29 is 19.8 Å². The van der Waals surface area contributed by atoms with Crippen molar-refractivity contribution in [2.45, 2.75) is 0 Å². The molecule has 130 valence electrons. The first-order chi connectivity index (χ1) is 12.5. The monoisotopic (exact) mass is 348 g/mol. The maximum absolute atomic E-state index is 11.5. The minimum atomic E-state index is -1.30. The van der Waals surface area contributed by atoms with Gasteiger partial charge in [0.05, 0.1) is 22.5 Å². The van der Waals surface area contributed by atoms with E-state index in [1.165, 1.54) is 12.1 Å². The number of carboxylic acids is 2. The Morgan fingerprint density at radius 2 is 0.962 bits per heavy atom. The predicted octanol–water partition coefficient (Wildman–Crippen LogP) is 4.57. The lowest BCUT2D eigenvalue weighted by Gasteiger charge is -2.16. The van der Waals surface area contributed by atoms with Crippen molar-refractivity contribution in [1.82, 2.24) is 0 Å². The zero-order chi connectivity index (χ0) is 18.5. The second-order valence-electron chi connectivity index (χ2n) is 5.54. The Morgan fingerprint density at radius 3 is 1.27 bits per heavy atom. The fourth-order valence-corrected chi connectivity index (χ4v) is 2.51. The molecule has 0 aliphatic carbocycles. The second-order valence-corrected chi connectivity index (χ2v) is 5.54. The molecule has 3 rings (SSSR count). The Hall–Kier alpha value is -3.80. The predicted molar refractivity (Wildman–Crippen MR) is 99.8 cm³/mol. The average Bonchev–Trinajstić information content (AvgIpc) is 2.64. The largest absolute Gasteiger partial charge is 0.478 e. The van der Waals surface area contributed by atoms with Crippen LogP contribution in [0, 0.1) is 0 Å². The first-order valence-corrected chi connectivity index (χ1v) is 7.83. The zero-order valence-electron chi connectivity index (χ0n) is 13.6. The molecule has 3 aromatic carbocycles. The van der Waals surface area contributed by atoms with Crippen molar-refractivity contribution in [2.75, 3.05) is 10.6 Å². The zero-order valence-corrected chi connectivity index (χ0v) is 13.6. The summed E-state index contributed by atoms with van der Waals surface area (Å²) >= 11 is 0. The third-order valence-electron chi connectivity index (χ3n) is 3.72. The average molecular weight is 348 g/mol. The number of hydrogen-bond donors (Lipinski definition) is 4. The SMILES string of the molecule is O=C(O)c1cc(Nc2ccccc2)c(Nc2ccccc2)cc1C(=O)O. The highest BCUT2D eigenvalue weighted by Crippen LogP contribution is 2.32. The van der Waals surface area contributed by atoms with E-state index >= 15 is 0 Å². The van der Waals surface area contributed by atoms with Crippen LogP contribution in [0.4, 0.5) is 22.7 Å². The van der Waals surface area contributed by atoms with Gasteiger partial charge in [0.25, 0.3) is 0 Å². The third kappa shape index (κ3) is 3.81. The molecular formula is C20H16N2O4. The fourth-order valence-electron chi connectivity index (χ4n) is 2.51. The van der Waals surface area contributed by atoms with Gasteiger partial charge in [-0.2, -0.15) is 0 Å². The van der Waals surface area contributed by atoms with Gasteiger partial charge in [-0.05, 0) is 36.4 Å². The molecule has 0 amide bonds. The van der Waals surface area contributed by atoms with Gasteiger partial charge in [-0.25, -0.2) is 9.59 Å². The topological polar surface area (TPSA) is 98.7 Å². The van der Waals surface area contributed by atoms with Crippen molar-refractivity contribution in [3.63, 3.8) is 0 Å². The molecule has 0 heterocycles. The summed E-state index contributed by atoms with van der Waals surface area (Å²) in [5.74, 6) is -2.60. The highest BCUT2D eigenvalue weighted by Gasteiger charge is 2.20. The summed E-state index contributed by atoms with van der Waals surface area (Å²) in [4.78, 5) is 23.0. The standard InChI is InChI=1S/C20H16N2O4/c23-19(24)15-11-17(21-13-7-3-1-4-8-13)18(12-16(15)20(25)26)22-14-9-5-2-6-10-14/h1-12,21-22H,(H,23,24)(H,25,26). The van der Waals surface area contributed by atoms with Gasteiger partial charge in [-0.15, -0.1) is 0 Å². The molecule has 0 aliphatic heterocycles. The molecule has 3 aromatic rings. The van der Waals surface area contributed by atoms with Crippen molar-refractivity contribution >= 4 is 34.7 Å². The van der Waals surface area contributed by atoms with Crippen molar-refractivity contribution in [2.24, 2.45) is 0 Å². The van der Waals surface area contributed by atoms with Gasteiger partial charge in [-0.3, -0.25) is 0 Å². The fraction of sp³-hybridized carbons (Fsp3) is 0. The Morgan fingerprint density at radius 1 is 0.615 bits per heavy atom. The molecular weight excluding hydrogens is 332 g/mol. The Bertz CT molecular complexity index is 862. The van der Waals surface area contributed by atoms with E-state index in [-0.39, 0.29) is 11.1 Å². The summed E-state index contributed by atoms with van der Waals surface area (Å²) in [7, 11) is 0. The molecule has 6 heteroatoms. The van der Waals surface area contributed by atoms with E-state index in [4.69, 9.17) is 0 Å². The van der Waals surface area contributed by atoms with Crippen LogP contribution in [0.1, 0.15) is 20.7 Å². The van der Waals surface area contributed by atoms with Crippen LogP contribution in [-0.4, -0.2) is 22.2 Å². The molecule has 0 radical (unpaired) electrons. The lowest BCUT2D eigenvalue weighted by Crippen LogP contribution is -2.10. The quantitative estimate of drug-likeness (QED) is 0.521. The molecule has 0 aromatic heterocycles. The second kappa shape index (κ2) is 7.40. The van der Waals surface area contributed by atoms with Gasteiger partial charge in [-0.1, -0.05) is 36.4 Å². The summed E-state index contributed by atoms with van der Waals surface area (Å²) in [5, 5.41) is 25.0. The molecule has 0 saturated heterocycles. The minimum Gasteiger partial charge on any atom is -0.478 e. The highest BCUT2D eigenvalue weighted by atomic mass is 16.4. The summed E-state index contributed by atoms with van der Waals surface area (Å²) in [6.07, 6.45) is 0. The van der Waals surface area contributed by atoms with E-state index in [0.717, 1.165) is 11.4 Å². The Balaban J connectivity index is 2.10. The number of benzene rings is 3. The number of carboxylic acid groups (broad SMARTS) is 2. The summed E-state index contributed by atoms with van der Waals surface area (Å²) in [6.45, 7) is 0. The molecule has 0 aliphatic rings. The molecule has 0 spiro atoms. The van der Waals surface area contributed by atoms with Crippen LogP contribution in [-0.2, 0) is 0 Å². The molecule has 0 fully saturated rings. The van der Waals surface area contributed by atoms with E-state index < -0.39 is 11.9 Å². The van der Waals surface area contributed by atoms with E-state index in [0.29, 0.717) is 11.4 Å². The Kier molecular flexibility index (Phi) is 4.85. The molecule has 26 heavy (non-hydrogen) atoms. The molecule has 6 nitrogen and oxygen atoms in total. The first kappa shape index (κ1) is 17.0. The first-order valence-electron chi connectivity index (χ1n) is 7.83. The molecule has 0 atom stereocenters. The number of anilines is 4. The maximum atomic E-state index is 11.5. The third-order valence-corrected chi connectivity index (χ3v) is 3.72. The summed E-state index contributed by atoms with van der Waals surface area (Å²) < 4.78 is 0. The van der Waals surface area contributed by atoms with Crippen molar-refractivity contribution in [3.05, 3.63) is 83.9 Å². The van der Waals surface area contributed by atoms with Crippen molar-refractivity contribution in [3.8, 4) is 0 Å². The highest BCUT2D eigenvalue weighted by molar-refractivity contribution is 6.04. The lowest BCUT2D eigenvalue weighted by molar-refractivity contribution is 0.0651. The van der Waals surface area contributed by atoms with Crippen LogP contribution < -0.4 is 10.6 Å². The van der Waals surface area contributed by atoms with Crippen LogP contribution in [0.3, 0.4) is 0 Å². The van der Waals surface area contributed by atoms with Crippen LogP contribution in [0.2, 0.25) is 0 Å². The number of para-hydroxylation sites is 2. The number of rotatable bonds is 6. The van der Waals surface area contributed by atoms with Gasteiger partial charge < -0.3 is 20.8 Å². The van der Waals surface area contributed by atoms with E-state index in [2.05, 4.69) is 10.6 Å².